The molecule has 2 atom stereocenters. The number of nitrogens with one attached hydrogen (secondary N) is 1. The van der Waals surface area contributed by atoms with Gasteiger partial charge in [0.2, 0.25) is 0 Å². The van der Waals surface area contributed by atoms with Gasteiger partial charge in [0.1, 0.15) is 0 Å². The number of amides is 2. The maximum Gasteiger partial charge on any atom is 0.338 e. The first-order valence-corrected chi connectivity index (χ1v) is 9.85. The normalized spacial score (nSPS) is 19.1. The topological polar surface area (TPSA) is 84.9 Å². The van der Waals surface area contributed by atoms with Gasteiger partial charge in [-0.05, 0) is 43.5 Å². The molecule has 1 fully saturated rings. The summed E-state index contributed by atoms with van der Waals surface area (Å²) < 4.78 is 10.8. The van der Waals surface area contributed by atoms with Crippen LogP contribution in [0.5, 0.6) is 0 Å². The number of nitrogens with zero attached hydrogens (tertiary/aromatic N) is 1. The van der Waals surface area contributed by atoms with Crippen LogP contribution in [0.3, 0.4) is 0 Å². The van der Waals surface area contributed by atoms with E-state index in [9.17, 15) is 14.4 Å². The Kier molecular flexibility index (Phi) is 6.43. The second kappa shape index (κ2) is 8.99. The van der Waals surface area contributed by atoms with Crippen LogP contribution in [0.25, 0.3) is 0 Å². The van der Waals surface area contributed by atoms with Gasteiger partial charge in [-0.3, -0.25) is 9.59 Å². The molecular weight excluding hydrogens is 380 g/mol. The molecule has 2 amide bonds. The average molecular weight is 402 g/mol. The minimum absolute atomic E-state index is 0.0490. The van der Waals surface area contributed by atoms with E-state index < -0.39 is 5.97 Å². The van der Waals surface area contributed by atoms with Gasteiger partial charge >= 0.3 is 5.97 Å². The van der Waals surface area contributed by atoms with Crippen molar-refractivity contribution in [3.8, 4) is 0 Å². The lowest BCUT2D eigenvalue weighted by molar-refractivity contribution is -0.146. The Bertz CT molecular complexity index is 842. The third-order valence-corrected chi connectivity index (χ3v) is 5.07. The highest BCUT2D eigenvalue weighted by atomic mass is 32.1. The van der Waals surface area contributed by atoms with Gasteiger partial charge in [0.25, 0.3) is 11.8 Å². The van der Waals surface area contributed by atoms with Crippen molar-refractivity contribution in [3.63, 3.8) is 0 Å². The van der Waals surface area contributed by atoms with Crippen molar-refractivity contribution < 1.29 is 23.9 Å². The van der Waals surface area contributed by atoms with Crippen molar-refractivity contribution in [2.75, 3.05) is 25.0 Å². The average Bonchev–Trinajstić information content (AvgIpc) is 3.20. The molecule has 3 rings (SSSR count). The van der Waals surface area contributed by atoms with Crippen LogP contribution in [0.1, 0.15) is 33.9 Å². The quantitative estimate of drug-likeness (QED) is 0.778. The molecule has 2 heterocycles. The monoisotopic (exact) mass is 402 g/mol. The maximum absolute atomic E-state index is 12.3. The lowest BCUT2D eigenvalue weighted by Crippen LogP contribution is -2.49. The molecule has 7 nitrogen and oxygen atoms in total. The van der Waals surface area contributed by atoms with Crippen LogP contribution in [0.2, 0.25) is 0 Å². The van der Waals surface area contributed by atoms with Gasteiger partial charge in [0.05, 0.1) is 22.6 Å². The molecule has 148 valence electrons. The lowest BCUT2D eigenvalue weighted by Gasteiger charge is -2.35. The highest BCUT2D eigenvalue weighted by molar-refractivity contribution is 7.12. The molecule has 28 heavy (non-hydrogen) atoms. The molecule has 1 saturated heterocycles. The van der Waals surface area contributed by atoms with Crippen molar-refractivity contribution in [2.24, 2.45) is 0 Å². The van der Waals surface area contributed by atoms with Crippen LogP contribution in [-0.4, -0.2) is 54.6 Å². The van der Waals surface area contributed by atoms with Crippen LogP contribution >= 0.6 is 11.3 Å². The zero-order chi connectivity index (χ0) is 20.1. The number of benzene rings is 1. The van der Waals surface area contributed by atoms with E-state index in [0.717, 1.165) is 0 Å². The second-order valence-corrected chi connectivity index (χ2v) is 7.59. The molecule has 0 spiro atoms. The summed E-state index contributed by atoms with van der Waals surface area (Å²) in [5.41, 5.74) is 0.746. The van der Waals surface area contributed by atoms with E-state index in [2.05, 4.69) is 5.32 Å². The number of morpholine rings is 1. The third kappa shape index (κ3) is 5.17. The summed E-state index contributed by atoms with van der Waals surface area (Å²) in [6.45, 7) is 4.43. The first-order valence-electron chi connectivity index (χ1n) is 8.97. The lowest BCUT2D eigenvalue weighted by atomic mass is 10.2. The fraction of sp³-hybridized carbons (Fsp3) is 0.350. The van der Waals surface area contributed by atoms with Gasteiger partial charge in [-0.15, -0.1) is 11.3 Å². The molecule has 0 aliphatic carbocycles. The van der Waals surface area contributed by atoms with Crippen LogP contribution < -0.4 is 5.32 Å². The third-order valence-electron chi connectivity index (χ3n) is 4.20. The van der Waals surface area contributed by atoms with E-state index in [0.29, 0.717) is 23.7 Å². The summed E-state index contributed by atoms with van der Waals surface area (Å²) in [5, 5.41) is 4.56. The van der Waals surface area contributed by atoms with E-state index in [1.807, 2.05) is 19.2 Å². The molecule has 8 heteroatoms. The zero-order valence-electron chi connectivity index (χ0n) is 15.7. The maximum atomic E-state index is 12.3. The summed E-state index contributed by atoms with van der Waals surface area (Å²) in [6, 6.07) is 9.94. The number of rotatable bonds is 5. The molecular formula is C20H22N2O5S. The Morgan fingerprint density at radius 2 is 1.93 bits per heavy atom. The second-order valence-electron chi connectivity index (χ2n) is 6.64. The fourth-order valence-corrected chi connectivity index (χ4v) is 3.63. The standard InChI is InChI=1S/C20H22N2O5S/c1-13-10-22(11-14(2)27-13)18(23)12-26-20(25)15-5-3-6-16(9-15)21-19(24)17-7-4-8-28-17/h3-9,13-14H,10-12H2,1-2H3,(H,21,24)/t13-,14-/m0/s1. The van der Waals surface area contributed by atoms with Crippen molar-refractivity contribution in [1.82, 2.24) is 4.90 Å². The molecule has 0 radical (unpaired) electrons. The number of hydrogen-bond acceptors (Lipinski definition) is 6. The van der Waals surface area contributed by atoms with E-state index in [1.165, 1.54) is 17.4 Å². The van der Waals surface area contributed by atoms with Crippen molar-refractivity contribution in [3.05, 3.63) is 52.2 Å². The molecule has 1 aliphatic heterocycles. The van der Waals surface area contributed by atoms with Crippen molar-refractivity contribution in [1.29, 1.82) is 0 Å². The number of anilines is 1. The van der Waals surface area contributed by atoms with Crippen LogP contribution in [0, 0.1) is 0 Å². The Balaban J connectivity index is 1.55. The highest BCUT2D eigenvalue weighted by Crippen LogP contribution is 2.16. The summed E-state index contributed by atoms with van der Waals surface area (Å²) in [7, 11) is 0. The van der Waals surface area contributed by atoms with E-state index in [4.69, 9.17) is 9.47 Å². The summed E-state index contributed by atoms with van der Waals surface area (Å²) in [6.07, 6.45) is -0.0981. The summed E-state index contributed by atoms with van der Waals surface area (Å²) in [5.74, 6) is -1.11. The zero-order valence-corrected chi connectivity index (χ0v) is 16.5. The highest BCUT2D eigenvalue weighted by Gasteiger charge is 2.26. The van der Waals surface area contributed by atoms with Gasteiger partial charge < -0.3 is 19.7 Å². The molecule has 2 aromatic rings. The van der Waals surface area contributed by atoms with Crippen molar-refractivity contribution in [2.45, 2.75) is 26.1 Å². The van der Waals surface area contributed by atoms with E-state index in [-0.39, 0.29) is 36.2 Å². The summed E-state index contributed by atoms with van der Waals surface area (Å²) in [4.78, 5) is 38.9. The molecule has 1 aliphatic rings. The van der Waals surface area contributed by atoms with Crippen LogP contribution in [0.4, 0.5) is 5.69 Å². The number of hydrogen-bond donors (Lipinski definition) is 1. The molecule has 0 bridgehead atoms. The molecule has 1 aromatic heterocycles. The number of thiophene rings is 1. The van der Waals surface area contributed by atoms with Crippen LogP contribution in [0.15, 0.2) is 41.8 Å². The Morgan fingerprint density at radius 1 is 1.18 bits per heavy atom. The number of carbonyl (C=O) groups is 3. The largest absolute Gasteiger partial charge is 0.452 e. The Hall–Kier alpha value is -2.71. The molecule has 0 unspecified atom stereocenters. The summed E-state index contributed by atoms with van der Waals surface area (Å²) >= 11 is 1.33. The smallest absolute Gasteiger partial charge is 0.338 e. The molecule has 1 N–H and O–H groups in total. The van der Waals surface area contributed by atoms with E-state index in [1.54, 1.807) is 35.2 Å². The SMILES string of the molecule is C[C@H]1CN(C(=O)COC(=O)c2cccc(NC(=O)c3cccs3)c2)C[C@H](C)O1. The van der Waals surface area contributed by atoms with E-state index >= 15 is 0 Å². The predicted molar refractivity (Wildman–Crippen MR) is 106 cm³/mol. The van der Waals surface area contributed by atoms with Gasteiger partial charge in [-0.1, -0.05) is 12.1 Å². The minimum atomic E-state index is -0.616. The van der Waals surface area contributed by atoms with Gasteiger partial charge in [0, 0.05) is 18.8 Å². The Morgan fingerprint density at radius 3 is 2.61 bits per heavy atom. The van der Waals surface area contributed by atoms with Gasteiger partial charge in [0.15, 0.2) is 6.61 Å². The molecule has 1 aromatic carbocycles. The first-order chi connectivity index (χ1) is 13.4. The van der Waals surface area contributed by atoms with Crippen molar-refractivity contribution >= 4 is 34.8 Å². The molecule has 0 saturated carbocycles. The fourth-order valence-electron chi connectivity index (χ4n) is 3.01. The first kappa shape index (κ1) is 20.0. The number of esters is 1. The number of ether oxygens (including phenoxy) is 2. The van der Waals surface area contributed by atoms with Gasteiger partial charge in [-0.2, -0.15) is 0 Å². The minimum Gasteiger partial charge on any atom is -0.452 e. The predicted octanol–water partition coefficient (Wildman–Crippen LogP) is 2.79. The van der Waals surface area contributed by atoms with Crippen LogP contribution in [-0.2, 0) is 14.3 Å². The van der Waals surface area contributed by atoms with Gasteiger partial charge in [-0.25, -0.2) is 4.79 Å². The Labute approximate surface area is 167 Å². The number of carbonyl (C=O) groups excluding carboxylic acids is 3.